The first-order valence-corrected chi connectivity index (χ1v) is 3.31. The van der Waals surface area contributed by atoms with Crippen molar-refractivity contribution in [1.29, 1.82) is 0 Å². The van der Waals surface area contributed by atoms with E-state index in [1.807, 2.05) is 6.20 Å². The largest absolute Gasteiger partial charge is 0.392 e. The molecule has 0 radical (unpaired) electrons. The number of hydrogen-bond acceptors (Lipinski definition) is 2. The molecule has 1 N–H and O–H groups in total. The lowest BCUT2D eigenvalue weighted by Crippen LogP contribution is -1.81. The number of nitrogens with zero attached hydrogens (tertiary/aromatic N) is 2. The Morgan fingerprint density at radius 2 is 2.55 bits per heavy atom. The molecule has 0 bridgehead atoms. The highest BCUT2D eigenvalue weighted by Gasteiger charge is 1.88. The van der Waals surface area contributed by atoms with E-state index in [4.69, 9.17) is 5.11 Å². The minimum atomic E-state index is 0.0548. The Kier molecular flexibility index (Phi) is 2.63. The number of hydrogen-bond donors (Lipinski definition) is 1. The summed E-state index contributed by atoms with van der Waals surface area (Å²) in [7, 11) is 0. The van der Waals surface area contributed by atoms with Crippen LogP contribution in [0, 0.1) is 0 Å². The zero-order valence-corrected chi connectivity index (χ0v) is 6.14. The van der Waals surface area contributed by atoms with Crippen LogP contribution in [-0.2, 0) is 0 Å². The van der Waals surface area contributed by atoms with E-state index in [1.54, 1.807) is 29.2 Å². The molecule has 0 aliphatic heterocycles. The topological polar surface area (TPSA) is 38.0 Å². The summed E-state index contributed by atoms with van der Waals surface area (Å²) in [6, 6.07) is 0. The van der Waals surface area contributed by atoms with E-state index in [1.165, 1.54) is 0 Å². The molecular formula is C8H10N2O. The normalized spacial score (nSPS) is 10.6. The fourth-order valence-electron chi connectivity index (χ4n) is 0.727. The van der Waals surface area contributed by atoms with Crippen molar-refractivity contribution in [2.45, 2.75) is 0 Å². The van der Waals surface area contributed by atoms with Gasteiger partial charge < -0.3 is 5.11 Å². The fraction of sp³-hybridized carbons (Fsp3) is 0.125. The molecule has 58 valence electrons. The zero-order chi connectivity index (χ0) is 8.10. The molecule has 0 unspecified atom stereocenters. The minimum Gasteiger partial charge on any atom is -0.392 e. The second-order valence-corrected chi connectivity index (χ2v) is 2.02. The molecule has 0 atom stereocenters. The van der Waals surface area contributed by atoms with E-state index in [0.717, 1.165) is 5.56 Å². The van der Waals surface area contributed by atoms with Crippen LogP contribution in [0.5, 0.6) is 0 Å². The molecule has 0 spiro atoms. The predicted molar refractivity (Wildman–Crippen MR) is 44.7 cm³/mol. The van der Waals surface area contributed by atoms with Crippen LogP contribution in [0.3, 0.4) is 0 Å². The smallest absolute Gasteiger partial charge is 0.0615 e. The van der Waals surface area contributed by atoms with Crippen molar-refractivity contribution in [1.82, 2.24) is 9.78 Å². The average Bonchev–Trinajstić information content (AvgIpc) is 2.48. The van der Waals surface area contributed by atoms with Crippen molar-refractivity contribution in [3.63, 3.8) is 0 Å². The summed E-state index contributed by atoms with van der Waals surface area (Å²) in [5, 5.41) is 12.4. The Bertz CT molecular complexity index is 263. The van der Waals surface area contributed by atoms with Gasteiger partial charge in [0.05, 0.1) is 12.8 Å². The van der Waals surface area contributed by atoms with Crippen molar-refractivity contribution in [3.8, 4) is 0 Å². The lowest BCUT2D eigenvalue weighted by Gasteiger charge is -1.83. The maximum atomic E-state index is 8.46. The third kappa shape index (κ3) is 2.05. The average molecular weight is 150 g/mol. The lowest BCUT2D eigenvalue weighted by atomic mass is 10.3. The van der Waals surface area contributed by atoms with E-state index in [9.17, 15) is 0 Å². The Morgan fingerprint density at radius 1 is 1.73 bits per heavy atom. The second-order valence-electron chi connectivity index (χ2n) is 2.02. The lowest BCUT2D eigenvalue weighted by molar-refractivity contribution is 0.343. The van der Waals surface area contributed by atoms with Gasteiger partial charge in [-0.1, -0.05) is 18.7 Å². The molecule has 11 heavy (non-hydrogen) atoms. The van der Waals surface area contributed by atoms with E-state index in [2.05, 4.69) is 11.7 Å². The molecule has 1 heterocycles. The van der Waals surface area contributed by atoms with E-state index >= 15 is 0 Å². The quantitative estimate of drug-likeness (QED) is 0.697. The Hall–Kier alpha value is -1.35. The Morgan fingerprint density at radius 3 is 3.09 bits per heavy atom. The number of aliphatic hydroxyl groups is 1. The highest BCUT2D eigenvalue weighted by atomic mass is 16.2. The molecule has 0 saturated heterocycles. The maximum Gasteiger partial charge on any atom is 0.0615 e. The van der Waals surface area contributed by atoms with Gasteiger partial charge in [-0.05, 0) is 0 Å². The summed E-state index contributed by atoms with van der Waals surface area (Å²) < 4.78 is 1.61. The highest BCUT2D eigenvalue weighted by Crippen LogP contribution is 1.99. The van der Waals surface area contributed by atoms with Gasteiger partial charge in [0.25, 0.3) is 0 Å². The minimum absolute atomic E-state index is 0.0548. The molecule has 0 aliphatic carbocycles. The fourth-order valence-corrected chi connectivity index (χ4v) is 0.727. The molecule has 0 amide bonds. The van der Waals surface area contributed by atoms with Gasteiger partial charge in [-0.3, -0.25) is 0 Å². The molecular weight excluding hydrogens is 140 g/mol. The van der Waals surface area contributed by atoms with Crippen LogP contribution in [0.15, 0.2) is 25.0 Å². The second kappa shape index (κ2) is 3.73. The van der Waals surface area contributed by atoms with E-state index in [0.29, 0.717) is 0 Å². The number of aliphatic hydroxyl groups excluding tert-OH is 1. The first-order valence-electron chi connectivity index (χ1n) is 3.31. The molecule has 0 aliphatic rings. The van der Waals surface area contributed by atoms with Gasteiger partial charge in [0.2, 0.25) is 0 Å². The number of aromatic nitrogens is 2. The van der Waals surface area contributed by atoms with Gasteiger partial charge in [0.1, 0.15) is 0 Å². The van der Waals surface area contributed by atoms with Crippen LogP contribution >= 0.6 is 0 Å². The third-order valence-corrected chi connectivity index (χ3v) is 1.22. The Labute approximate surface area is 65.3 Å². The maximum absolute atomic E-state index is 8.46. The summed E-state index contributed by atoms with van der Waals surface area (Å²) in [6.07, 6.45) is 8.58. The highest BCUT2D eigenvalue weighted by molar-refractivity contribution is 5.47. The molecule has 0 fully saturated rings. The molecule has 1 rings (SSSR count). The van der Waals surface area contributed by atoms with E-state index < -0.39 is 0 Å². The summed E-state index contributed by atoms with van der Waals surface area (Å²) in [4.78, 5) is 0. The molecule has 0 aromatic carbocycles. The molecule has 1 aromatic rings. The third-order valence-electron chi connectivity index (χ3n) is 1.22. The van der Waals surface area contributed by atoms with Crippen LogP contribution < -0.4 is 0 Å². The van der Waals surface area contributed by atoms with E-state index in [-0.39, 0.29) is 6.61 Å². The van der Waals surface area contributed by atoms with Gasteiger partial charge in [-0.25, -0.2) is 4.68 Å². The SMILES string of the molecule is C=Cn1cc(/C=C/CO)cn1. The van der Waals surface area contributed by atoms with Crippen LogP contribution in [0.4, 0.5) is 0 Å². The van der Waals surface area contributed by atoms with Gasteiger partial charge in [0, 0.05) is 18.0 Å². The Balaban J connectivity index is 2.72. The first-order chi connectivity index (χ1) is 5.36. The van der Waals surface area contributed by atoms with Gasteiger partial charge >= 0.3 is 0 Å². The van der Waals surface area contributed by atoms with Crippen molar-refractivity contribution < 1.29 is 5.11 Å². The summed E-state index contributed by atoms with van der Waals surface area (Å²) in [6.45, 7) is 3.61. The van der Waals surface area contributed by atoms with Crippen molar-refractivity contribution in [2.75, 3.05) is 6.61 Å². The van der Waals surface area contributed by atoms with Crippen LogP contribution in [0.1, 0.15) is 5.56 Å². The van der Waals surface area contributed by atoms with Crippen LogP contribution in [0.2, 0.25) is 0 Å². The summed E-state index contributed by atoms with van der Waals surface area (Å²) in [5.41, 5.74) is 0.957. The van der Waals surface area contributed by atoms with Crippen molar-refractivity contribution in [2.24, 2.45) is 0 Å². The van der Waals surface area contributed by atoms with Crippen LogP contribution in [0.25, 0.3) is 12.3 Å². The summed E-state index contributed by atoms with van der Waals surface area (Å²) in [5.74, 6) is 0. The van der Waals surface area contributed by atoms with Crippen molar-refractivity contribution in [3.05, 3.63) is 30.6 Å². The van der Waals surface area contributed by atoms with Crippen molar-refractivity contribution >= 4 is 12.3 Å². The van der Waals surface area contributed by atoms with Gasteiger partial charge in [0.15, 0.2) is 0 Å². The molecule has 0 saturated carbocycles. The molecule has 3 nitrogen and oxygen atoms in total. The summed E-state index contributed by atoms with van der Waals surface area (Å²) >= 11 is 0. The monoisotopic (exact) mass is 150 g/mol. The predicted octanol–water partition coefficient (Wildman–Crippen LogP) is 0.989. The first kappa shape index (κ1) is 7.75. The standard InChI is InChI=1S/C8H10N2O/c1-2-10-7-8(6-9-10)4-3-5-11/h2-4,6-7,11H,1,5H2/b4-3+. The van der Waals surface area contributed by atoms with Gasteiger partial charge in [-0.2, -0.15) is 5.10 Å². The van der Waals surface area contributed by atoms with Gasteiger partial charge in [-0.15, -0.1) is 0 Å². The molecule has 1 aromatic heterocycles. The zero-order valence-electron chi connectivity index (χ0n) is 6.14. The van der Waals surface area contributed by atoms with Crippen LogP contribution in [-0.4, -0.2) is 21.5 Å². The molecule has 3 heteroatoms. The number of rotatable bonds is 3.